The molecule has 0 aromatic heterocycles. The summed E-state index contributed by atoms with van der Waals surface area (Å²) in [5.74, 6) is -0.919. The Kier molecular flexibility index (Phi) is 4.68. The van der Waals surface area contributed by atoms with Gasteiger partial charge in [-0.15, -0.1) is 0 Å². The molecule has 0 N–H and O–H groups in total. The molecule has 0 saturated carbocycles. The van der Waals surface area contributed by atoms with Crippen LogP contribution in [0.5, 0.6) is 0 Å². The van der Waals surface area contributed by atoms with E-state index in [2.05, 4.69) is 0 Å². The number of ether oxygens (including phenoxy) is 5. The first-order valence-electron chi connectivity index (χ1n) is 8.49. The molecule has 3 aliphatic rings. The number of thiocarbonyl (C=S) groups is 1. The highest BCUT2D eigenvalue weighted by atomic mass is 32.2. The Balaban J connectivity index is 1.61. The van der Waals surface area contributed by atoms with Crippen LogP contribution in [0.3, 0.4) is 0 Å². The summed E-state index contributed by atoms with van der Waals surface area (Å²) in [6, 6.07) is 6.39. The van der Waals surface area contributed by atoms with Gasteiger partial charge in [0.2, 0.25) is 0 Å². The van der Waals surface area contributed by atoms with Crippen LogP contribution in [0.2, 0.25) is 0 Å². The molecule has 4 rings (SSSR count). The van der Waals surface area contributed by atoms with Gasteiger partial charge in [-0.05, 0) is 32.9 Å². The number of fused-ring (bicyclic) bond motifs is 1. The van der Waals surface area contributed by atoms with E-state index in [9.17, 15) is 8.42 Å². The Hall–Kier alpha value is -1.30. The van der Waals surface area contributed by atoms with Crippen molar-refractivity contribution in [1.29, 1.82) is 0 Å². The van der Waals surface area contributed by atoms with Gasteiger partial charge >= 0.3 is 5.24 Å². The highest BCUT2D eigenvalue weighted by Crippen LogP contribution is 2.41. The van der Waals surface area contributed by atoms with E-state index in [4.69, 9.17) is 40.1 Å². The topological polar surface area (TPSA) is 89.5 Å². The molecule has 0 amide bonds. The van der Waals surface area contributed by atoms with Crippen LogP contribution in [0.25, 0.3) is 0 Å². The van der Waals surface area contributed by atoms with Gasteiger partial charge in [0, 0.05) is 12.2 Å². The molecule has 0 bridgehead atoms. The molecule has 0 radical (unpaired) electrons. The third kappa shape index (κ3) is 3.69. The Bertz CT molecular complexity index is 835. The Morgan fingerprint density at radius 1 is 1.15 bits per heavy atom. The van der Waals surface area contributed by atoms with Crippen molar-refractivity contribution in [1.82, 2.24) is 0 Å². The van der Waals surface area contributed by atoms with Gasteiger partial charge in [-0.1, -0.05) is 17.7 Å². The largest absolute Gasteiger partial charge is 0.453 e. The van der Waals surface area contributed by atoms with Crippen molar-refractivity contribution in [3.8, 4) is 0 Å². The van der Waals surface area contributed by atoms with Gasteiger partial charge in [-0.25, -0.2) is 0 Å². The van der Waals surface area contributed by atoms with E-state index < -0.39 is 46.6 Å². The summed E-state index contributed by atoms with van der Waals surface area (Å²) >= 11 is 4.88. The third-order valence-electron chi connectivity index (χ3n) is 4.55. The lowest BCUT2D eigenvalue weighted by Crippen LogP contribution is -2.44. The quantitative estimate of drug-likeness (QED) is 0.537. The fraction of sp³-hybridized carbons (Fsp3) is 0.588. The van der Waals surface area contributed by atoms with Gasteiger partial charge in [-0.2, -0.15) is 8.42 Å². The van der Waals surface area contributed by atoms with E-state index in [1.165, 1.54) is 12.1 Å². The lowest BCUT2D eigenvalue weighted by atomic mass is 10.1. The Morgan fingerprint density at radius 3 is 2.48 bits per heavy atom. The number of aryl methyl sites for hydroxylation is 1. The highest BCUT2D eigenvalue weighted by Gasteiger charge is 2.60. The van der Waals surface area contributed by atoms with Gasteiger partial charge < -0.3 is 23.7 Å². The summed E-state index contributed by atoms with van der Waals surface area (Å²) in [4.78, 5) is 0.0487. The van der Waals surface area contributed by atoms with Crippen LogP contribution in [-0.2, 0) is 38.0 Å². The number of hydrogen-bond acceptors (Lipinski definition) is 9. The van der Waals surface area contributed by atoms with Crippen molar-refractivity contribution >= 4 is 27.6 Å². The smallest absolute Gasteiger partial charge is 0.352 e. The molecule has 3 aliphatic heterocycles. The van der Waals surface area contributed by atoms with Gasteiger partial charge in [0.05, 0.1) is 4.90 Å². The van der Waals surface area contributed by atoms with Gasteiger partial charge in [0.25, 0.3) is 10.1 Å². The van der Waals surface area contributed by atoms with E-state index in [-0.39, 0.29) is 16.7 Å². The zero-order valence-electron chi connectivity index (χ0n) is 15.0. The van der Waals surface area contributed by atoms with Crippen molar-refractivity contribution < 1.29 is 36.3 Å². The van der Waals surface area contributed by atoms with E-state index in [1.54, 1.807) is 26.0 Å². The van der Waals surface area contributed by atoms with Crippen LogP contribution in [0.1, 0.15) is 19.4 Å². The molecule has 1 aromatic carbocycles. The van der Waals surface area contributed by atoms with E-state index in [0.717, 1.165) is 5.56 Å². The number of rotatable bonds is 4. The Morgan fingerprint density at radius 2 is 1.85 bits per heavy atom. The number of hydrogen-bond donors (Lipinski definition) is 0. The van der Waals surface area contributed by atoms with Crippen LogP contribution in [-0.4, -0.2) is 56.8 Å². The van der Waals surface area contributed by atoms with Crippen LogP contribution in [0, 0.1) is 6.92 Å². The zero-order chi connectivity index (χ0) is 19.4. The summed E-state index contributed by atoms with van der Waals surface area (Å²) in [6.07, 6.45) is -3.88. The second kappa shape index (κ2) is 6.64. The second-order valence-electron chi connectivity index (χ2n) is 7.11. The Labute approximate surface area is 162 Å². The molecule has 10 heteroatoms. The third-order valence-corrected chi connectivity index (χ3v) is 6.09. The molecule has 3 fully saturated rings. The first kappa shape index (κ1) is 19.0. The van der Waals surface area contributed by atoms with Gasteiger partial charge in [0.15, 0.2) is 18.2 Å². The van der Waals surface area contributed by atoms with Crippen molar-refractivity contribution in [2.24, 2.45) is 0 Å². The minimum absolute atomic E-state index is 0.0111. The molecule has 0 unspecified atom stereocenters. The van der Waals surface area contributed by atoms with Gasteiger partial charge in [-0.3, -0.25) is 4.18 Å². The molecule has 8 nitrogen and oxygen atoms in total. The van der Waals surface area contributed by atoms with Crippen LogP contribution in [0.15, 0.2) is 29.2 Å². The normalized spacial score (nSPS) is 34.9. The summed E-state index contributed by atoms with van der Waals surface area (Å²) in [5.41, 5.74) is 0.940. The molecule has 27 heavy (non-hydrogen) atoms. The summed E-state index contributed by atoms with van der Waals surface area (Å²) in [7, 11) is -4.06. The predicted octanol–water partition coefficient (Wildman–Crippen LogP) is 1.65. The lowest BCUT2D eigenvalue weighted by molar-refractivity contribution is -0.221. The molecule has 3 saturated heterocycles. The predicted molar refractivity (Wildman–Crippen MR) is 95.4 cm³/mol. The molecular weight excluding hydrogens is 396 g/mol. The molecular formula is C17H20O8S2. The second-order valence-corrected chi connectivity index (χ2v) is 9.02. The SMILES string of the molecule is Cc1ccc(S(=O)(=O)O[C@@H]2[C@H]3OC(C)(C)O[C@H]3O[C@@H]2[C@H]2COC(=S)O2)cc1. The molecule has 0 spiro atoms. The lowest BCUT2D eigenvalue weighted by Gasteiger charge is -2.27. The number of benzene rings is 1. The first-order chi connectivity index (χ1) is 12.6. The molecule has 3 heterocycles. The summed E-state index contributed by atoms with van der Waals surface area (Å²) < 4.78 is 59.2. The maximum atomic E-state index is 12.8. The van der Waals surface area contributed by atoms with Crippen molar-refractivity contribution in [3.05, 3.63) is 29.8 Å². The van der Waals surface area contributed by atoms with Crippen molar-refractivity contribution in [2.45, 2.75) is 62.2 Å². The minimum atomic E-state index is -4.06. The van der Waals surface area contributed by atoms with Crippen LogP contribution >= 0.6 is 12.2 Å². The molecule has 1 aromatic rings. The van der Waals surface area contributed by atoms with Crippen molar-refractivity contribution in [3.63, 3.8) is 0 Å². The molecule has 5 atom stereocenters. The fourth-order valence-corrected chi connectivity index (χ4v) is 4.61. The standard InChI is InChI=1S/C17H20O8S2/c1-9-4-6-10(7-5-9)27(18,19)25-13-12(11-8-20-16(26)21-11)22-15-14(13)23-17(2,3)24-15/h4-7,11-15H,8H2,1-3H3/t11-,12-,13+,14-,15-/m1/s1. The van der Waals surface area contributed by atoms with E-state index in [1.807, 2.05) is 6.92 Å². The summed E-state index contributed by atoms with van der Waals surface area (Å²) in [5, 5.41) is -0.0111. The molecule has 0 aliphatic carbocycles. The highest BCUT2D eigenvalue weighted by molar-refractivity contribution is 7.86. The van der Waals surface area contributed by atoms with E-state index in [0.29, 0.717) is 0 Å². The van der Waals surface area contributed by atoms with Crippen molar-refractivity contribution in [2.75, 3.05) is 6.61 Å². The maximum absolute atomic E-state index is 12.8. The summed E-state index contributed by atoms with van der Waals surface area (Å²) in [6.45, 7) is 5.45. The molecule has 148 valence electrons. The monoisotopic (exact) mass is 416 g/mol. The van der Waals surface area contributed by atoms with Crippen LogP contribution < -0.4 is 0 Å². The fourth-order valence-electron chi connectivity index (χ4n) is 3.32. The van der Waals surface area contributed by atoms with Crippen LogP contribution in [0.4, 0.5) is 0 Å². The van der Waals surface area contributed by atoms with E-state index >= 15 is 0 Å². The van der Waals surface area contributed by atoms with Gasteiger partial charge in [0.1, 0.15) is 24.9 Å². The average Bonchev–Trinajstić information content (AvgIpc) is 3.21. The maximum Gasteiger partial charge on any atom is 0.352 e. The zero-order valence-corrected chi connectivity index (χ0v) is 16.6. The minimum Gasteiger partial charge on any atom is -0.453 e. The average molecular weight is 416 g/mol. The first-order valence-corrected chi connectivity index (χ1v) is 10.3.